The van der Waals surface area contributed by atoms with Crippen LogP contribution in [-0.2, 0) is 4.74 Å². The van der Waals surface area contributed by atoms with E-state index in [1.54, 1.807) is 13.0 Å². The van der Waals surface area contributed by atoms with Crippen LogP contribution >= 0.6 is 11.3 Å². The number of rotatable bonds is 3. The largest absolute Gasteiger partial charge is 0.462 e. The maximum absolute atomic E-state index is 12.1. The van der Waals surface area contributed by atoms with Gasteiger partial charge >= 0.3 is 5.97 Å². The van der Waals surface area contributed by atoms with Gasteiger partial charge in [0.25, 0.3) is 5.69 Å². The summed E-state index contributed by atoms with van der Waals surface area (Å²) in [4.78, 5) is 26.6. The molecule has 0 atom stereocenters. The number of esters is 1. The van der Waals surface area contributed by atoms with Crippen LogP contribution in [-0.4, -0.2) is 22.5 Å². The van der Waals surface area contributed by atoms with Gasteiger partial charge in [0.05, 0.1) is 27.3 Å². The quantitative estimate of drug-likeness (QED) is 0.453. The molecule has 2 heterocycles. The van der Waals surface area contributed by atoms with Gasteiger partial charge in [0.1, 0.15) is 5.52 Å². The molecule has 0 aliphatic rings. The minimum atomic E-state index is -0.431. The number of nitro groups is 1. The molecule has 0 aliphatic heterocycles. The lowest BCUT2D eigenvalue weighted by Gasteiger charge is -2.00. The third-order valence-corrected chi connectivity index (χ3v) is 4.44. The van der Waals surface area contributed by atoms with Crippen molar-refractivity contribution in [1.29, 1.82) is 0 Å². The lowest BCUT2D eigenvalue weighted by molar-refractivity contribution is -0.383. The Labute approximate surface area is 123 Å². The number of hydrogen-bond acceptors (Lipinski definition) is 5. The number of ether oxygens (including phenoxy) is 1. The van der Waals surface area contributed by atoms with Crippen LogP contribution in [0.5, 0.6) is 0 Å². The van der Waals surface area contributed by atoms with Gasteiger partial charge in [-0.05, 0) is 13.8 Å². The summed E-state index contributed by atoms with van der Waals surface area (Å²) < 4.78 is 5.90. The summed E-state index contributed by atoms with van der Waals surface area (Å²) in [7, 11) is 0. The summed E-state index contributed by atoms with van der Waals surface area (Å²) in [5.41, 5.74) is 1.51. The molecule has 7 heteroatoms. The van der Waals surface area contributed by atoms with Crippen molar-refractivity contribution >= 4 is 44.1 Å². The third kappa shape index (κ3) is 1.97. The highest BCUT2D eigenvalue weighted by atomic mass is 32.1. The number of nitro benzene ring substituents is 1. The number of aryl methyl sites for hydroxylation is 1. The molecule has 1 aromatic carbocycles. The number of para-hydroxylation sites is 1. The first-order valence-corrected chi connectivity index (χ1v) is 7.21. The third-order valence-electron chi connectivity index (χ3n) is 3.30. The molecule has 0 unspecified atom stereocenters. The fourth-order valence-corrected chi connectivity index (χ4v) is 3.57. The summed E-state index contributed by atoms with van der Waals surface area (Å²) in [5, 5.41) is 11.9. The number of nitrogens with one attached hydrogen (secondary N) is 1. The molecule has 0 saturated carbocycles. The van der Waals surface area contributed by atoms with Crippen molar-refractivity contribution in [3.05, 3.63) is 38.8 Å². The Morgan fingerprint density at radius 3 is 2.86 bits per heavy atom. The van der Waals surface area contributed by atoms with Gasteiger partial charge < -0.3 is 9.72 Å². The number of aromatic nitrogens is 1. The summed E-state index contributed by atoms with van der Waals surface area (Å²) in [6.45, 7) is 3.87. The van der Waals surface area contributed by atoms with E-state index in [0.717, 1.165) is 15.0 Å². The van der Waals surface area contributed by atoms with Crippen LogP contribution in [0.15, 0.2) is 18.2 Å². The highest BCUT2D eigenvalue weighted by Gasteiger charge is 2.23. The maximum atomic E-state index is 12.1. The maximum Gasteiger partial charge on any atom is 0.341 e. The summed E-state index contributed by atoms with van der Waals surface area (Å²) >= 11 is 1.43. The number of H-pyrrole nitrogens is 1. The highest BCUT2D eigenvalue weighted by molar-refractivity contribution is 7.20. The molecule has 0 saturated heterocycles. The van der Waals surface area contributed by atoms with Gasteiger partial charge in [0.15, 0.2) is 0 Å². The van der Waals surface area contributed by atoms with Crippen molar-refractivity contribution in [2.24, 2.45) is 0 Å². The molecule has 21 heavy (non-hydrogen) atoms. The Bertz CT molecular complexity index is 878. The van der Waals surface area contributed by atoms with Gasteiger partial charge in [-0.3, -0.25) is 10.1 Å². The number of hydrogen-bond donors (Lipinski definition) is 1. The fourth-order valence-electron chi connectivity index (χ4n) is 2.44. The van der Waals surface area contributed by atoms with Crippen LogP contribution in [0.4, 0.5) is 5.69 Å². The van der Waals surface area contributed by atoms with E-state index in [1.165, 1.54) is 17.4 Å². The first-order valence-electron chi connectivity index (χ1n) is 6.40. The number of carbonyl (C=O) groups excluding carboxylic acids is 1. The summed E-state index contributed by atoms with van der Waals surface area (Å²) in [5.74, 6) is -0.407. The zero-order chi connectivity index (χ0) is 15.1. The van der Waals surface area contributed by atoms with Crippen molar-refractivity contribution in [3.63, 3.8) is 0 Å². The number of thiophene rings is 1. The van der Waals surface area contributed by atoms with E-state index >= 15 is 0 Å². The Balaban J connectivity index is 2.35. The van der Waals surface area contributed by atoms with Crippen molar-refractivity contribution in [2.45, 2.75) is 13.8 Å². The number of nitrogens with zero attached hydrogens (tertiary/aromatic N) is 1. The molecule has 0 radical (unpaired) electrons. The zero-order valence-corrected chi connectivity index (χ0v) is 12.2. The topological polar surface area (TPSA) is 85.2 Å². The lowest BCUT2D eigenvalue weighted by Crippen LogP contribution is -2.05. The van der Waals surface area contributed by atoms with Gasteiger partial charge in [0.2, 0.25) is 0 Å². The van der Waals surface area contributed by atoms with Crippen LogP contribution < -0.4 is 0 Å². The van der Waals surface area contributed by atoms with E-state index in [4.69, 9.17) is 4.74 Å². The second-order valence-corrected chi connectivity index (χ2v) is 5.76. The number of carbonyl (C=O) groups is 1. The standard InChI is InChI=1S/C14H12N2O4S/c1-3-20-14(17)10-7(2)21-13-8-5-4-6-9(16(18)19)11(8)15-12(10)13/h4-6,15H,3H2,1-2H3. The number of aromatic amines is 1. The van der Waals surface area contributed by atoms with Gasteiger partial charge in [0, 0.05) is 16.3 Å². The molecule has 0 bridgehead atoms. The molecule has 2 aromatic heterocycles. The summed E-state index contributed by atoms with van der Waals surface area (Å²) in [6.07, 6.45) is 0. The average Bonchev–Trinajstić information content (AvgIpc) is 2.92. The van der Waals surface area contributed by atoms with Crippen molar-refractivity contribution in [2.75, 3.05) is 6.61 Å². The number of fused-ring (bicyclic) bond motifs is 3. The Hall–Kier alpha value is -2.41. The van der Waals surface area contributed by atoms with E-state index in [2.05, 4.69) is 4.98 Å². The molecular formula is C14H12N2O4S. The van der Waals surface area contributed by atoms with E-state index in [1.807, 2.05) is 13.0 Å². The highest BCUT2D eigenvalue weighted by Crippen LogP contribution is 2.39. The zero-order valence-electron chi connectivity index (χ0n) is 11.4. The molecule has 1 N–H and O–H groups in total. The van der Waals surface area contributed by atoms with E-state index in [9.17, 15) is 14.9 Å². The minimum absolute atomic E-state index is 0.00311. The monoisotopic (exact) mass is 304 g/mol. The van der Waals surface area contributed by atoms with E-state index in [-0.39, 0.29) is 12.3 Å². The van der Waals surface area contributed by atoms with Crippen LogP contribution in [0, 0.1) is 17.0 Å². The van der Waals surface area contributed by atoms with Crippen LogP contribution in [0.2, 0.25) is 0 Å². The molecule has 108 valence electrons. The second kappa shape index (κ2) is 4.85. The first kappa shape index (κ1) is 13.6. The van der Waals surface area contributed by atoms with Crippen LogP contribution in [0.1, 0.15) is 22.2 Å². The SMILES string of the molecule is CCOC(=O)c1c(C)sc2c1[nH]c1c([N+](=O)[O-])cccc12. The van der Waals surface area contributed by atoms with E-state index in [0.29, 0.717) is 16.6 Å². The molecule has 6 nitrogen and oxygen atoms in total. The molecule has 3 rings (SSSR count). The predicted octanol–water partition coefficient (Wildman–Crippen LogP) is 3.78. The average molecular weight is 304 g/mol. The molecular weight excluding hydrogens is 292 g/mol. The molecule has 3 aromatic rings. The van der Waals surface area contributed by atoms with Gasteiger partial charge in [-0.25, -0.2) is 4.79 Å². The minimum Gasteiger partial charge on any atom is -0.462 e. The Kier molecular flexibility index (Phi) is 3.13. The fraction of sp³-hybridized carbons (Fsp3) is 0.214. The number of benzene rings is 1. The van der Waals surface area contributed by atoms with Crippen molar-refractivity contribution in [3.8, 4) is 0 Å². The van der Waals surface area contributed by atoms with Crippen LogP contribution in [0.3, 0.4) is 0 Å². The Morgan fingerprint density at radius 2 is 2.19 bits per heavy atom. The molecule has 0 amide bonds. The predicted molar refractivity (Wildman–Crippen MR) is 81.0 cm³/mol. The van der Waals surface area contributed by atoms with Crippen molar-refractivity contribution in [1.82, 2.24) is 4.98 Å². The summed E-state index contributed by atoms with van der Waals surface area (Å²) in [6, 6.07) is 4.90. The van der Waals surface area contributed by atoms with Gasteiger partial charge in [-0.2, -0.15) is 0 Å². The smallest absolute Gasteiger partial charge is 0.341 e. The second-order valence-electron chi connectivity index (χ2n) is 4.54. The van der Waals surface area contributed by atoms with Gasteiger partial charge in [-0.15, -0.1) is 11.3 Å². The normalized spacial score (nSPS) is 11.1. The molecule has 0 fully saturated rings. The lowest BCUT2D eigenvalue weighted by atomic mass is 10.2. The first-order chi connectivity index (χ1) is 10.0. The van der Waals surface area contributed by atoms with Crippen molar-refractivity contribution < 1.29 is 14.5 Å². The Morgan fingerprint density at radius 1 is 1.43 bits per heavy atom. The van der Waals surface area contributed by atoms with Gasteiger partial charge in [-0.1, -0.05) is 12.1 Å². The molecule has 0 aliphatic carbocycles. The molecule has 0 spiro atoms. The van der Waals surface area contributed by atoms with Crippen LogP contribution in [0.25, 0.3) is 21.1 Å². The number of non-ortho nitro benzene ring substituents is 1. The van der Waals surface area contributed by atoms with E-state index < -0.39 is 10.9 Å².